The number of nitrogens with one attached hydrogen (secondary N) is 2. The summed E-state index contributed by atoms with van der Waals surface area (Å²) in [5.74, 6) is 1.77. The largest absolute Gasteiger partial charge is 0.494 e. The van der Waals surface area contributed by atoms with Crippen molar-refractivity contribution in [1.29, 1.82) is 0 Å². The van der Waals surface area contributed by atoms with Crippen LogP contribution in [0.2, 0.25) is 0 Å². The lowest BCUT2D eigenvalue weighted by Gasteiger charge is -2.15. The number of hydrogen-bond acceptors (Lipinski definition) is 4. The topological polar surface area (TPSA) is 70.2 Å². The van der Waals surface area contributed by atoms with Crippen molar-refractivity contribution < 1.29 is 9.53 Å². The molecule has 1 amide bonds. The number of fused-ring (bicyclic) bond motifs is 1. The Labute approximate surface area is 177 Å². The van der Waals surface area contributed by atoms with Crippen LogP contribution in [0.25, 0.3) is 11.0 Å². The third-order valence-corrected chi connectivity index (χ3v) is 5.76. The summed E-state index contributed by atoms with van der Waals surface area (Å²) in [6.45, 7) is 6.00. The van der Waals surface area contributed by atoms with Gasteiger partial charge in [0.1, 0.15) is 11.6 Å². The Morgan fingerprint density at radius 1 is 1.23 bits per heavy atom. The van der Waals surface area contributed by atoms with Crippen LogP contribution in [-0.4, -0.2) is 47.5 Å². The Morgan fingerprint density at radius 2 is 2.07 bits per heavy atom. The van der Waals surface area contributed by atoms with E-state index in [1.54, 1.807) is 7.05 Å². The summed E-state index contributed by atoms with van der Waals surface area (Å²) in [4.78, 5) is 22.6. The molecule has 4 rings (SSSR count). The molecular formula is C24H30N4O2. The van der Waals surface area contributed by atoms with Crippen molar-refractivity contribution in [3.05, 3.63) is 58.9 Å². The van der Waals surface area contributed by atoms with E-state index in [0.717, 1.165) is 47.6 Å². The number of aromatic nitrogens is 2. The van der Waals surface area contributed by atoms with Crippen LogP contribution in [-0.2, 0) is 13.0 Å². The molecular weight excluding hydrogens is 376 g/mol. The van der Waals surface area contributed by atoms with Gasteiger partial charge in [-0.25, -0.2) is 4.98 Å². The molecule has 1 aromatic heterocycles. The molecule has 158 valence electrons. The third-order valence-electron chi connectivity index (χ3n) is 5.76. The summed E-state index contributed by atoms with van der Waals surface area (Å²) < 4.78 is 5.98. The standard InChI is InChI=1S/C24H30N4O2/c1-17-20(24(29)25-2)10-11-21-23(17)27-22(26-21)9-6-14-30-19-8-5-7-18(15-19)16-28-12-3-4-13-28/h5,7-8,10-11,15H,3-4,6,9,12-14,16H2,1-2H3,(H,25,29)(H,26,27). The number of likely N-dealkylation sites (tertiary alicyclic amines) is 1. The minimum atomic E-state index is -0.0840. The van der Waals surface area contributed by atoms with Gasteiger partial charge in [0.15, 0.2) is 0 Å². The minimum Gasteiger partial charge on any atom is -0.494 e. The summed E-state index contributed by atoms with van der Waals surface area (Å²) in [5.41, 5.74) is 4.71. The number of ether oxygens (including phenoxy) is 1. The van der Waals surface area contributed by atoms with E-state index >= 15 is 0 Å². The normalized spacial score (nSPS) is 14.3. The van der Waals surface area contributed by atoms with Gasteiger partial charge in [0.25, 0.3) is 5.91 Å². The molecule has 6 heteroatoms. The van der Waals surface area contributed by atoms with Crippen LogP contribution in [0.1, 0.15) is 46.6 Å². The number of benzene rings is 2. The molecule has 3 aromatic rings. The molecule has 30 heavy (non-hydrogen) atoms. The number of H-pyrrole nitrogens is 1. The zero-order chi connectivity index (χ0) is 20.9. The first kappa shape index (κ1) is 20.4. The highest BCUT2D eigenvalue weighted by molar-refractivity contribution is 5.99. The summed E-state index contributed by atoms with van der Waals surface area (Å²) in [6, 6.07) is 12.2. The molecule has 6 nitrogen and oxygen atoms in total. The molecule has 0 saturated carbocycles. The first-order valence-corrected chi connectivity index (χ1v) is 10.8. The number of amides is 1. The highest BCUT2D eigenvalue weighted by atomic mass is 16.5. The van der Waals surface area contributed by atoms with Crippen molar-refractivity contribution in [2.24, 2.45) is 0 Å². The number of imidazole rings is 1. The monoisotopic (exact) mass is 406 g/mol. The number of rotatable bonds is 8. The molecule has 0 spiro atoms. The van der Waals surface area contributed by atoms with E-state index < -0.39 is 0 Å². The van der Waals surface area contributed by atoms with Crippen molar-refractivity contribution >= 4 is 16.9 Å². The molecule has 0 radical (unpaired) electrons. The van der Waals surface area contributed by atoms with E-state index in [1.807, 2.05) is 25.1 Å². The maximum Gasteiger partial charge on any atom is 0.251 e. The second-order valence-corrected chi connectivity index (χ2v) is 7.98. The molecule has 2 aromatic carbocycles. The van der Waals surface area contributed by atoms with Gasteiger partial charge in [-0.15, -0.1) is 0 Å². The Morgan fingerprint density at radius 3 is 2.87 bits per heavy atom. The van der Waals surface area contributed by atoms with Gasteiger partial charge < -0.3 is 15.0 Å². The minimum absolute atomic E-state index is 0.0840. The number of aryl methyl sites for hydroxylation is 2. The van der Waals surface area contributed by atoms with Gasteiger partial charge in [0, 0.05) is 25.6 Å². The van der Waals surface area contributed by atoms with Crippen molar-refractivity contribution in [2.45, 2.75) is 39.2 Å². The molecule has 0 aliphatic carbocycles. The summed E-state index contributed by atoms with van der Waals surface area (Å²) >= 11 is 0. The lowest BCUT2D eigenvalue weighted by Crippen LogP contribution is -2.18. The Balaban J connectivity index is 1.32. The van der Waals surface area contributed by atoms with E-state index in [4.69, 9.17) is 9.72 Å². The smallest absolute Gasteiger partial charge is 0.251 e. The Hall–Kier alpha value is -2.86. The molecule has 2 heterocycles. The van der Waals surface area contributed by atoms with E-state index in [1.165, 1.54) is 31.5 Å². The van der Waals surface area contributed by atoms with Crippen LogP contribution in [0.4, 0.5) is 0 Å². The predicted octanol–water partition coefficient (Wildman–Crippen LogP) is 3.84. The SMILES string of the molecule is CNC(=O)c1ccc2[nH]c(CCCOc3cccc(CN4CCCC4)c3)nc2c1C. The zero-order valence-corrected chi connectivity index (χ0v) is 17.8. The molecule has 1 fully saturated rings. The first-order valence-electron chi connectivity index (χ1n) is 10.8. The van der Waals surface area contributed by atoms with Crippen LogP contribution in [0.5, 0.6) is 5.75 Å². The van der Waals surface area contributed by atoms with Crippen LogP contribution in [0.15, 0.2) is 36.4 Å². The van der Waals surface area contributed by atoms with Crippen LogP contribution >= 0.6 is 0 Å². The van der Waals surface area contributed by atoms with Crippen LogP contribution in [0.3, 0.4) is 0 Å². The number of aromatic amines is 1. The maximum atomic E-state index is 12.0. The lowest BCUT2D eigenvalue weighted by atomic mass is 10.1. The van der Waals surface area contributed by atoms with E-state index in [9.17, 15) is 4.79 Å². The highest BCUT2D eigenvalue weighted by Gasteiger charge is 2.14. The fourth-order valence-corrected chi connectivity index (χ4v) is 4.12. The summed E-state index contributed by atoms with van der Waals surface area (Å²) in [7, 11) is 1.64. The fourth-order valence-electron chi connectivity index (χ4n) is 4.12. The molecule has 0 bridgehead atoms. The Bertz CT molecular complexity index is 1020. The van der Waals surface area contributed by atoms with Gasteiger partial charge in [-0.05, 0) is 74.7 Å². The highest BCUT2D eigenvalue weighted by Crippen LogP contribution is 2.21. The predicted molar refractivity (Wildman–Crippen MR) is 119 cm³/mol. The molecule has 1 aliphatic rings. The second kappa shape index (κ2) is 9.30. The number of hydrogen-bond donors (Lipinski definition) is 2. The van der Waals surface area contributed by atoms with Crippen LogP contribution < -0.4 is 10.1 Å². The number of carbonyl (C=O) groups excluding carboxylic acids is 1. The van der Waals surface area contributed by atoms with Gasteiger partial charge in [-0.2, -0.15) is 0 Å². The summed E-state index contributed by atoms with van der Waals surface area (Å²) in [5, 5.41) is 2.68. The maximum absolute atomic E-state index is 12.0. The molecule has 0 atom stereocenters. The van der Waals surface area contributed by atoms with Crippen molar-refractivity contribution in [1.82, 2.24) is 20.2 Å². The van der Waals surface area contributed by atoms with Crippen LogP contribution in [0, 0.1) is 6.92 Å². The van der Waals surface area contributed by atoms with Crippen molar-refractivity contribution in [3.8, 4) is 5.75 Å². The summed E-state index contributed by atoms with van der Waals surface area (Å²) in [6.07, 6.45) is 4.30. The number of nitrogens with zero attached hydrogens (tertiary/aromatic N) is 2. The van der Waals surface area contributed by atoms with Gasteiger partial charge in [-0.3, -0.25) is 9.69 Å². The first-order chi connectivity index (χ1) is 14.6. The van der Waals surface area contributed by atoms with Gasteiger partial charge in [-0.1, -0.05) is 12.1 Å². The molecule has 0 unspecified atom stereocenters. The van der Waals surface area contributed by atoms with Gasteiger partial charge in [0.2, 0.25) is 0 Å². The molecule has 2 N–H and O–H groups in total. The van der Waals surface area contributed by atoms with E-state index in [-0.39, 0.29) is 5.91 Å². The second-order valence-electron chi connectivity index (χ2n) is 7.98. The van der Waals surface area contributed by atoms with E-state index in [2.05, 4.69) is 33.4 Å². The van der Waals surface area contributed by atoms with Crippen molar-refractivity contribution in [3.63, 3.8) is 0 Å². The molecule has 1 saturated heterocycles. The van der Waals surface area contributed by atoms with Crippen molar-refractivity contribution in [2.75, 3.05) is 26.7 Å². The van der Waals surface area contributed by atoms with E-state index in [0.29, 0.717) is 12.2 Å². The zero-order valence-electron chi connectivity index (χ0n) is 17.8. The number of carbonyl (C=O) groups is 1. The quantitative estimate of drug-likeness (QED) is 0.558. The Kier molecular flexibility index (Phi) is 6.33. The third kappa shape index (κ3) is 4.65. The fraction of sp³-hybridized carbons (Fsp3) is 0.417. The van der Waals surface area contributed by atoms with Gasteiger partial charge in [0.05, 0.1) is 17.6 Å². The van der Waals surface area contributed by atoms with Gasteiger partial charge >= 0.3 is 0 Å². The lowest BCUT2D eigenvalue weighted by molar-refractivity contribution is 0.0962. The average molecular weight is 407 g/mol. The average Bonchev–Trinajstić information content (AvgIpc) is 3.41. The molecule has 1 aliphatic heterocycles.